The maximum absolute atomic E-state index is 13.2. The molecule has 1 heterocycles. The van der Waals surface area contributed by atoms with E-state index in [0.717, 1.165) is 19.3 Å². The number of carbonyl (C=O) groups excluding carboxylic acids is 3. The van der Waals surface area contributed by atoms with Crippen molar-refractivity contribution in [3.8, 4) is 0 Å². The minimum absolute atomic E-state index is 0.0630. The van der Waals surface area contributed by atoms with Gasteiger partial charge in [-0.05, 0) is 73.1 Å². The van der Waals surface area contributed by atoms with Gasteiger partial charge >= 0.3 is 5.97 Å². The number of hydrogen-bond donors (Lipinski definition) is 0. The second-order valence-corrected chi connectivity index (χ2v) is 12.9. The summed E-state index contributed by atoms with van der Waals surface area (Å²) in [5.74, 6) is 0.760. The van der Waals surface area contributed by atoms with Crippen molar-refractivity contribution >= 4 is 55.3 Å². The Morgan fingerprint density at radius 3 is 2.09 bits per heavy atom. The lowest BCUT2D eigenvalue weighted by Crippen LogP contribution is -2.37. The van der Waals surface area contributed by atoms with E-state index in [2.05, 4.69) is 52.6 Å². The largest absolute Gasteiger partial charge is 0.458 e. The third kappa shape index (κ3) is 3.81. The number of esters is 1. The molecule has 5 rings (SSSR count). The van der Waals surface area contributed by atoms with Crippen molar-refractivity contribution in [2.24, 2.45) is 41.4 Å². The fraction of sp³-hybridized carbons (Fsp3) is 0.654. The Kier molecular flexibility index (Phi) is 6.26. The first-order valence-corrected chi connectivity index (χ1v) is 14.0. The van der Waals surface area contributed by atoms with E-state index in [-0.39, 0.29) is 57.2 Å². The molecular formula is C26H31Br2NO4. The second kappa shape index (κ2) is 8.78. The van der Waals surface area contributed by atoms with Gasteiger partial charge in [-0.25, -0.2) is 4.79 Å². The molecule has 2 bridgehead atoms. The van der Waals surface area contributed by atoms with Crippen LogP contribution >= 0.6 is 31.9 Å². The molecule has 1 aliphatic heterocycles. The van der Waals surface area contributed by atoms with Gasteiger partial charge < -0.3 is 4.74 Å². The van der Waals surface area contributed by atoms with Crippen LogP contribution in [0, 0.1) is 41.4 Å². The number of hydrogen-bond acceptors (Lipinski definition) is 4. The summed E-state index contributed by atoms with van der Waals surface area (Å²) in [4.78, 5) is 41.1. The highest BCUT2D eigenvalue weighted by atomic mass is 79.9. The van der Waals surface area contributed by atoms with Crippen LogP contribution in [0.2, 0.25) is 0 Å². The number of benzene rings is 1. The molecule has 0 unspecified atom stereocenters. The van der Waals surface area contributed by atoms with E-state index in [1.54, 1.807) is 24.3 Å². The Bertz CT molecular complexity index is 932. The molecule has 1 aromatic carbocycles. The van der Waals surface area contributed by atoms with Crippen molar-refractivity contribution in [3.05, 3.63) is 29.8 Å². The number of carbonyl (C=O) groups is 3. The minimum atomic E-state index is -0.329. The van der Waals surface area contributed by atoms with Gasteiger partial charge in [0.2, 0.25) is 11.8 Å². The quantitative estimate of drug-likeness (QED) is 0.265. The van der Waals surface area contributed by atoms with Crippen LogP contribution < -0.4 is 4.90 Å². The summed E-state index contributed by atoms with van der Waals surface area (Å²) < 4.78 is 5.95. The molecule has 3 saturated carbocycles. The van der Waals surface area contributed by atoms with E-state index in [0.29, 0.717) is 29.0 Å². The van der Waals surface area contributed by atoms with E-state index < -0.39 is 0 Å². The van der Waals surface area contributed by atoms with Gasteiger partial charge in [-0.1, -0.05) is 59.1 Å². The summed E-state index contributed by atoms with van der Waals surface area (Å²) >= 11 is 7.45. The summed E-state index contributed by atoms with van der Waals surface area (Å²) in [5.41, 5.74) is 0.999. The fourth-order valence-electron chi connectivity index (χ4n) is 6.81. The molecule has 178 valence electrons. The molecule has 2 amide bonds. The Balaban J connectivity index is 1.30. The number of ether oxygens (including phenoxy) is 1. The number of halogens is 2. The molecule has 9 atom stereocenters. The average molecular weight is 581 g/mol. The SMILES string of the molecule is CC(C)[C@H]1CC[C@@H](C)C[C@H]1OC(=O)c1ccc(N2C(=O)[C@@H]3[C@@H]4C[C@@H]([C@H](Br)[C@H]4Br)[C@@H]3C2=O)cc1. The maximum Gasteiger partial charge on any atom is 0.338 e. The Morgan fingerprint density at radius 1 is 0.970 bits per heavy atom. The van der Waals surface area contributed by atoms with Crippen molar-refractivity contribution in [2.45, 2.75) is 62.2 Å². The van der Waals surface area contributed by atoms with Gasteiger partial charge in [0.05, 0.1) is 23.1 Å². The monoisotopic (exact) mass is 579 g/mol. The van der Waals surface area contributed by atoms with Crippen LogP contribution in [0.15, 0.2) is 24.3 Å². The van der Waals surface area contributed by atoms with E-state index in [4.69, 9.17) is 4.74 Å². The first kappa shape index (κ1) is 23.5. The van der Waals surface area contributed by atoms with Crippen LogP contribution in [-0.2, 0) is 14.3 Å². The van der Waals surface area contributed by atoms with Crippen LogP contribution in [0.1, 0.15) is 56.8 Å². The van der Waals surface area contributed by atoms with Gasteiger partial charge in [0.1, 0.15) is 6.10 Å². The highest BCUT2D eigenvalue weighted by Crippen LogP contribution is 2.60. The summed E-state index contributed by atoms with van der Waals surface area (Å²) in [6.45, 7) is 6.60. The number of fused-ring (bicyclic) bond motifs is 5. The van der Waals surface area contributed by atoms with Gasteiger partial charge in [-0.3, -0.25) is 14.5 Å². The van der Waals surface area contributed by atoms with Crippen molar-refractivity contribution in [3.63, 3.8) is 0 Å². The first-order valence-electron chi connectivity index (χ1n) is 12.2. The van der Waals surface area contributed by atoms with Gasteiger partial charge in [0.25, 0.3) is 0 Å². The molecule has 1 saturated heterocycles. The molecule has 0 aromatic heterocycles. The molecule has 7 heteroatoms. The fourth-order valence-corrected chi connectivity index (χ4v) is 8.68. The summed E-state index contributed by atoms with van der Waals surface area (Å²) in [6.07, 6.45) is 4.02. The van der Waals surface area contributed by atoms with Crippen molar-refractivity contribution in [1.29, 1.82) is 0 Å². The number of alkyl halides is 2. The standard InChI is InChI=1S/C26H31Br2NO4/c1-12(2)16-9-4-13(3)10-19(16)33-26(32)14-5-7-15(8-6-14)29-24(30)20-17-11-18(21(20)25(29)31)23(28)22(17)27/h5-8,12-13,16-23H,4,9-11H2,1-3H3/t13-,16-,17-,18+,19-,20+,21-,22+,23+/m1/s1. The number of anilines is 1. The highest BCUT2D eigenvalue weighted by molar-refractivity contribution is 9.12. The van der Waals surface area contributed by atoms with E-state index >= 15 is 0 Å². The third-order valence-corrected chi connectivity index (χ3v) is 11.8. The maximum atomic E-state index is 13.2. The molecule has 0 spiro atoms. The normalized spacial score (nSPS) is 39.9. The molecule has 0 radical (unpaired) electrons. The Hall–Kier alpha value is -1.21. The van der Waals surface area contributed by atoms with Gasteiger partial charge in [0.15, 0.2) is 0 Å². The minimum Gasteiger partial charge on any atom is -0.458 e. The molecule has 4 aliphatic rings. The van der Waals surface area contributed by atoms with E-state index in [1.807, 2.05) is 0 Å². The molecule has 1 aromatic rings. The molecule has 5 nitrogen and oxygen atoms in total. The zero-order chi connectivity index (χ0) is 23.6. The van der Waals surface area contributed by atoms with Crippen LogP contribution in [-0.4, -0.2) is 33.5 Å². The van der Waals surface area contributed by atoms with Crippen LogP contribution in [0.5, 0.6) is 0 Å². The van der Waals surface area contributed by atoms with Gasteiger partial charge in [-0.15, -0.1) is 0 Å². The van der Waals surface area contributed by atoms with Gasteiger partial charge in [-0.2, -0.15) is 0 Å². The van der Waals surface area contributed by atoms with Crippen molar-refractivity contribution in [1.82, 2.24) is 0 Å². The van der Waals surface area contributed by atoms with Gasteiger partial charge in [0, 0.05) is 9.65 Å². The highest BCUT2D eigenvalue weighted by Gasteiger charge is 2.66. The first-order chi connectivity index (χ1) is 15.7. The second-order valence-electron chi connectivity index (χ2n) is 10.8. The zero-order valence-corrected chi connectivity index (χ0v) is 22.4. The number of nitrogens with zero attached hydrogens (tertiary/aromatic N) is 1. The number of amides is 2. The third-order valence-electron chi connectivity index (χ3n) is 8.57. The summed E-state index contributed by atoms with van der Waals surface area (Å²) in [5, 5.41) is 0. The van der Waals surface area contributed by atoms with Crippen molar-refractivity contribution in [2.75, 3.05) is 4.90 Å². The number of rotatable bonds is 4. The van der Waals surface area contributed by atoms with Crippen molar-refractivity contribution < 1.29 is 19.1 Å². The molecular weight excluding hydrogens is 550 g/mol. The lowest BCUT2D eigenvalue weighted by Gasteiger charge is -2.36. The smallest absolute Gasteiger partial charge is 0.338 e. The van der Waals surface area contributed by atoms with Crippen LogP contribution in [0.4, 0.5) is 5.69 Å². The average Bonchev–Trinajstić information content (AvgIpc) is 3.38. The van der Waals surface area contributed by atoms with Crippen LogP contribution in [0.25, 0.3) is 0 Å². The predicted octanol–water partition coefficient (Wildman–Crippen LogP) is 5.59. The molecule has 0 N–H and O–H groups in total. The van der Waals surface area contributed by atoms with E-state index in [9.17, 15) is 14.4 Å². The van der Waals surface area contributed by atoms with Crippen LogP contribution in [0.3, 0.4) is 0 Å². The Morgan fingerprint density at radius 2 is 1.55 bits per heavy atom. The summed E-state index contributed by atoms with van der Waals surface area (Å²) in [6, 6.07) is 6.77. The molecule has 4 fully saturated rings. The summed E-state index contributed by atoms with van der Waals surface area (Å²) in [7, 11) is 0. The lowest BCUT2D eigenvalue weighted by molar-refractivity contribution is -0.123. The number of imide groups is 1. The predicted molar refractivity (Wildman–Crippen MR) is 133 cm³/mol. The topological polar surface area (TPSA) is 63.7 Å². The molecule has 33 heavy (non-hydrogen) atoms. The zero-order valence-electron chi connectivity index (χ0n) is 19.2. The Labute approximate surface area is 212 Å². The lowest BCUT2D eigenvalue weighted by atomic mass is 9.75. The van der Waals surface area contributed by atoms with E-state index in [1.165, 1.54) is 11.3 Å². The molecule has 3 aliphatic carbocycles.